The molecule has 0 aliphatic rings. The summed E-state index contributed by atoms with van der Waals surface area (Å²) in [5, 5.41) is 12.2. The Hall–Kier alpha value is -4.43. The average molecular weight is 526 g/mol. The Kier molecular flexibility index (Phi) is 8.46. The van der Waals surface area contributed by atoms with E-state index in [-0.39, 0.29) is 17.8 Å². The van der Waals surface area contributed by atoms with Gasteiger partial charge in [-0.25, -0.2) is 14.4 Å². The van der Waals surface area contributed by atoms with Crippen LogP contribution in [0.5, 0.6) is 5.88 Å². The van der Waals surface area contributed by atoms with E-state index in [0.29, 0.717) is 35.6 Å². The number of amides is 2. The van der Waals surface area contributed by atoms with Crippen LogP contribution in [0.25, 0.3) is 10.9 Å². The zero-order valence-electron chi connectivity index (χ0n) is 23.1. The molecule has 0 aliphatic heterocycles. The summed E-state index contributed by atoms with van der Waals surface area (Å²) >= 11 is 0. The number of aliphatic imine (C=N–C) groups is 1. The third-order valence-corrected chi connectivity index (χ3v) is 6.68. The van der Waals surface area contributed by atoms with Gasteiger partial charge in [0.1, 0.15) is 0 Å². The number of nitrogens with zero attached hydrogens (tertiary/aromatic N) is 5. The van der Waals surface area contributed by atoms with Crippen LogP contribution in [0.3, 0.4) is 0 Å². The molecular weight excluding hydrogens is 490 g/mol. The van der Waals surface area contributed by atoms with E-state index in [9.17, 15) is 14.7 Å². The van der Waals surface area contributed by atoms with Crippen LogP contribution >= 0.6 is 0 Å². The van der Waals surface area contributed by atoms with Crippen molar-refractivity contribution >= 4 is 39.9 Å². The van der Waals surface area contributed by atoms with Crippen molar-refractivity contribution in [2.24, 2.45) is 4.99 Å². The third-order valence-electron chi connectivity index (χ3n) is 6.68. The maximum Gasteiger partial charge on any atom is 0.331 e. The van der Waals surface area contributed by atoms with Gasteiger partial charge in [0.15, 0.2) is 0 Å². The fourth-order valence-electron chi connectivity index (χ4n) is 4.42. The highest BCUT2D eigenvalue weighted by Gasteiger charge is 2.26. The second kappa shape index (κ2) is 12.0. The fourth-order valence-corrected chi connectivity index (χ4v) is 4.42. The number of rotatable bonds is 8. The van der Waals surface area contributed by atoms with E-state index < -0.39 is 0 Å². The minimum Gasteiger partial charge on any atom is -0.494 e. The molecule has 0 radical (unpaired) electrons. The Bertz CT molecular complexity index is 1490. The van der Waals surface area contributed by atoms with Crippen molar-refractivity contribution in [2.75, 3.05) is 45.7 Å². The van der Waals surface area contributed by atoms with Gasteiger partial charge in [-0.05, 0) is 51.4 Å². The standard InChI is InChI=1S/C31H35N5O3/c1-6-34(5)31(39)36-27-15-11-10-14-26(27)28(30(36)38)29(23-12-8-7-9-13-23)32-24-16-18-25(19-17-24)35(22(2)37)21-20-33(3)4/h7-19,38H,6,20-21H2,1-5H3. The average Bonchev–Trinajstić information content (AvgIpc) is 3.23. The predicted molar refractivity (Wildman–Crippen MR) is 157 cm³/mol. The number of hydrogen-bond donors (Lipinski definition) is 1. The van der Waals surface area contributed by atoms with Gasteiger partial charge in [-0.2, -0.15) is 0 Å². The van der Waals surface area contributed by atoms with Crippen LogP contribution in [0, 0.1) is 0 Å². The summed E-state index contributed by atoms with van der Waals surface area (Å²) in [6.45, 7) is 5.26. The Morgan fingerprint density at radius 1 is 0.872 bits per heavy atom. The summed E-state index contributed by atoms with van der Waals surface area (Å²) in [4.78, 5) is 35.8. The Morgan fingerprint density at radius 3 is 2.13 bits per heavy atom. The molecule has 0 fully saturated rings. The summed E-state index contributed by atoms with van der Waals surface area (Å²) in [6.07, 6.45) is 0. The molecule has 8 nitrogen and oxygen atoms in total. The second-order valence-corrected chi connectivity index (χ2v) is 9.66. The number of carbonyl (C=O) groups excluding carboxylic acids is 2. The predicted octanol–water partition coefficient (Wildman–Crippen LogP) is 5.35. The molecule has 8 heteroatoms. The van der Waals surface area contributed by atoms with Gasteiger partial charge in [-0.3, -0.25) is 4.79 Å². The van der Waals surface area contributed by atoms with E-state index in [2.05, 4.69) is 0 Å². The van der Waals surface area contributed by atoms with E-state index in [1.807, 2.05) is 105 Å². The molecule has 0 unspecified atom stereocenters. The Labute approximate surface area is 229 Å². The highest BCUT2D eigenvalue weighted by Crippen LogP contribution is 2.35. The lowest BCUT2D eigenvalue weighted by molar-refractivity contribution is -0.116. The molecule has 0 saturated heterocycles. The minimum atomic E-state index is -0.323. The molecule has 0 atom stereocenters. The first-order valence-corrected chi connectivity index (χ1v) is 13.0. The van der Waals surface area contributed by atoms with E-state index in [1.54, 1.807) is 23.8 Å². The number of fused-ring (bicyclic) bond motifs is 1. The zero-order chi connectivity index (χ0) is 28.1. The SMILES string of the molecule is CCN(C)C(=O)n1c(O)c(C(=Nc2ccc(N(CCN(C)C)C(C)=O)cc2)c2ccccc2)c2ccccc21. The van der Waals surface area contributed by atoms with Crippen LogP contribution in [0.1, 0.15) is 25.0 Å². The molecule has 202 valence electrons. The molecule has 1 N–H and O–H groups in total. The molecule has 0 saturated carbocycles. The summed E-state index contributed by atoms with van der Waals surface area (Å²) in [6, 6.07) is 24.2. The number of benzene rings is 3. The largest absolute Gasteiger partial charge is 0.494 e. The van der Waals surface area contributed by atoms with Crippen molar-refractivity contribution in [1.29, 1.82) is 0 Å². The zero-order valence-corrected chi connectivity index (χ0v) is 23.1. The molecule has 0 spiro atoms. The number of likely N-dealkylation sites (N-methyl/N-ethyl adjacent to an activating group) is 1. The van der Waals surface area contributed by atoms with Crippen LogP contribution in [0.2, 0.25) is 0 Å². The molecular formula is C31H35N5O3. The lowest BCUT2D eigenvalue weighted by Crippen LogP contribution is -2.35. The monoisotopic (exact) mass is 525 g/mol. The van der Waals surface area contributed by atoms with Crippen LogP contribution in [0.15, 0.2) is 83.9 Å². The topological polar surface area (TPSA) is 81.4 Å². The lowest BCUT2D eigenvalue weighted by Gasteiger charge is -2.23. The molecule has 0 bridgehead atoms. The van der Waals surface area contributed by atoms with Gasteiger partial charge in [0.2, 0.25) is 11.8 Å². The quantitative estimate of drug-likeness (QED) is 0.315. The molecule has 4 rings (SSSR count). The molecule has 39 heavy (non-hydrogen) atoms. The van der Waals surface area contributed by atoms with Crippen molar-refractivity contribution < 1.29 is 14.7 Å². The minimum absolute atomic E-state index is 0.0301. The highest BCUT2D eigenvalue weighted by molar-refractivity contribution is 6.23. The van der Waals surface area contributed by atoms with Crippen molar-refractivity contribution in [3.05, 3.63) is 90.0 Å². The number of aromatic nitrogens is 1. The number of para-hydroxylation sites is 1. The van der Waals surface area contributed by atoms with Crippen LogP contribution in [-0.4, -0.2) is 77.9 Å². The first-order chi connectivity index (χ1) is 18.7. The molecule has 2 amide bonds. The maximum atomic E-state index is 13.2. The van der Waals surface area contributed by atoms with Crippen molar-refractivity contribution in [2.45, 2.75) is 13.8 Å². The molecule has 1 aromatic heterocycles. The number of anilines is 1. The molecule has 4 aromatic rings. The van der Waals surface area contributed by atoms with Crippen LogP contribution in [-0.2, 0) is 4.79 Å². The molecule has 3 aromatic carbocycles. The van der Waals surface area contributed by atoms with E-state index in [0.717, 1.165) is 23.2 Å². The summed E-state index contributed by atoms with van der Waals surface area (Å²) in [5.41, 5.74) is 3.87. The second-order valence-electron chi connectivity index (χ2n) is 9.66. The van der Waals surface area contributed by atoms with Gasteiger partial charge < -0.3 is 19.8 Å². The van der Waals surface area contributed by atoms with Crippen molar-refractivity contribution in [3.63, 3.8) is 0 Å². The number of hydrogen-bond acceptors (Lipinski definition) is 5. The summed E-state index contributed by atoms with van der Waals surface area (Å²) in [7, 11) is 5.65. The van der Waals surface area contributed by atoms with Crippen LogP contribution in [0.4, 0.5) is 16.2 Å². The highest BCUT2D eigenvalue weighted by atomic mass is 16.3. The Morgan fingerprint density at radius 2 is 1.51 bits per heavy atom. The smallest absolute Gasteiger partial charge is 0.331 e. The lowest BCUT2D eigenvalue weighted by atomic mass is 10.0. The van der Waals surface area contributed by atoms with Gasteiger partial charge in [0.05, 0.1) is 22.5 Å². The Balaban J connectivity index is 1.86. The van der Waals surface area contributed by atoms with Crippen molar-refractivity contribution in [1.82, 2.24) is 14.4 Å². The summed E-state index contributed by atoms with van der Waals surface area (Å²) < 4.78 is 1.34. The maximum absolute atomic E-state index is 13.2. The van der Waals surface area contributed by atoms with Gasteiger partial charge in [-0.1, -0.05) is 48.5 Å². The van der Waals surface area contributed by atoms with E-state index in [4.69, 9.17) is 4.99 Å². The summed E-state index contributed by atoms with van der Waals surface area (Å²) in [5.74, 6) is -0.190. The van der Waals surface area contributed by atoms with Crippen molar-refractivity contribution in [3.8, 4) is 5.88 Å². The number of carbonyl (C=O) groups is 2. The molecule has 0 aliphatic carbocycles. The normalized spacial score (nSPS) is 11.7. The number of aromatic hydroxyl groups is 1. The fraction of sp³-hybridized carbons (Fsp3) is 0.258. The first kappa shape index (κ1) is 27.6. The van der Waals surface area contributed by atoms with E-state index >= 15 is 0 Å². The van der Waals surface area contributed by atoms with Gasteiger partial charge >= 0.3 is 6.03 Å². The molecule has 1 heterocycles. The van der Waals surface area contributed by atoms with Gasteiger partial charge in [0, 0.05) is 50.2 Å². The third kappa shape index (κ3) is 5.86. The van der Waals surface area contributed by atoms with Crippen LogP contribution < -0.4 is 4.90 Å². The van der Waals surface area contributed by atoms with Gasteiger partial charge in [-0.15, -0.1) is 0 Å². The van der Waals surface area contributed by atoms with Gasteiger partial charge in [0.25, 0.3) is 0 Å². The first-order valence-electron chi connectivity index (χ1n) is 13.0. The van der Waals surface area contributed by atoms with E-state index in [1.165, 1.54) is 4.57 Å².